The van der Waals surface area contributed by atoms with Crippen molar-refractivity contribution in [3.05, 3.63) is 0 Å². The molecule has 1 heterocycles. The summed E-state index contributed by atoms with van der Waals surface area (Å²) in [5.41, 5.74) is -0.122. The van der Waals surface area contributed by atoms with E-state index in [0.29, 0.717) is 18.1 Å². The largest absolute Gasteiger partial charge is 0.323 e. The SMILES string of the molecule is CCCC1NC2(CC2)C(=O)N1C(C)C1CC1. The van der Waals surface area contributed by atoms with Gasteiger partial charge in [-0.15, -0.1) is 0 Å². The summed E-state index contributed by atoms with van der Waals surface area (Å²) in [4.78, 5) is 14.6. The number of rotatable bonds is 4. The van der Waals surface area contributed by atoms with Gasteiger partial charge in [0.05, 0.1) is 11.7 Å². The average molecular weight is 222 g/mol. The number of amides is 1. The van der Waals surface area contributed by atoms with Crippen LogP contribution in [0.15, 0.2) is 0 Å². The Bertz CT molecular complexity index is 307. The van der Waals surface area contributed by atoms with Crippen molar-refractivity contribution < 1.29 is 4.79 Å². The minimum absolute atomic E-state index is 0.122. The molecule has 3 rings (SSSR count). The zero-order chi connectivity index (χ0) is 11.3. The van der Waals surface area contributed by atoms with Crippen molar-refractivity contribution in [2.75, 3.05) is 0 Å². The van der Waals surface area contributed by atoms with Crippen molar-refractivity contribution in [3.8, 4) is 0 Å². The van der Waals surface area contributed by atoms with Crippen LogP contribution in [0.3, 0.4) is 0 Å². The Balaban J connectivity index is 1.78. The Morgan fingerprint density at radius 1 is 1.50 bits per heavy atom. The Morgan fingerprint density at radius 2 is 2.19 bits per heavy atom. The molecule has 0 bridgehead atoms. The van der Waals surface area contributed by atoms with Crippen LogP contribution >= 0.6 is 0 Å². The molecule has 0 aromatic heterocycles. The van der Waals surface area contributed by atoms with E-state index in [1.807, 2.05) is 0 Å². The van der Waals surface area contributed by atoms with Gasteiger partial charge < -0.3 is 4.90 Å². The summed E-state index contributed by atoms with van der Waals surface area (Å²) in [6.07, 6.45) is 7.31. The van der Waals surface area contributed by atoms with E-state index < -0.39 is 0 Å². The van der Waals surface area contributed by atoms with Gasteiger partial charge in [0.2, 0.25) is 5.91 Å². The highest BCUT2D eigenvalue weighted by molar-refractivity contribution is 5.92. The van der Waals surface area contributed by atoms with Crippen LogP contribution in [0.25, 0.3) is 0 Å². The number of nitrogens with one attached hydrogen (secondary N) is 1. The highest BCUT2D eigenvalue weighted by atomic mass is 16.2. The molecule has 0 aromatic carbocycles. The van der Waals surface area contributed by atoms with Crippen molar-refractivity contribution in [2.24, 2.45) is 5.92 Å². The molecule has 2 atom stereocenters. The van der Waals surface area contributed by atoms with Crippen LogP contribution in [0.1, 0.15) is 52.4 Å². The monoisotopic (exact) mass is 222 g/mol. The number of hydrogen-bond donors (Lipinski definition) is 1. The van der Waals surface area contributed by atoms with E-state index >= 15 is 0 Å². The molecule has 2 saturated carbocycles. The van der Waals surface area contributed by atoms with E-state index in [1.165, 1.54) is 12.8 Å². The van der Waals surface area contributed by atoms with Crippen molar-refractivity contribution in [2.45, 2.75) is 70.1 Å². The molecular formula is C13H22N2O. The molecule has 3 nitrogen and oxygen atoms in total. The lowest BCUT2D eigenvalue weighted by Gasteiger charge is -2.30. The second-order valence-electron chi connectivity index (χ2n) is 5.82. The maximum atomic E-state index is 12.4. The molecule has 1 amide bonds. The predicted octanol–water partition coefficient (Wildman–Crippen LogP) is 1.88. The Kier molecular flexibility index (Phi) is 2.29. The molecule has 1 saturated heterocycles. The van der Waals surface area contributed by atoms with Gasteiger partial charge in [-0.2, -0.15) is 0 Å². The molecule has 3 aliphatic rings. The first-order valence-corrected chi connectivity index (χ1v) is 6.78. The maximum Gasteiger partial charge on any atom is 0.244 e. The van der Waals surface area contributed by atoms with Gasteiger partial charge in [0.1, 0.15) is 0 Å². The van der Waals surface area contributed by atoms with Crippen molar-refractivity contribution in [1.82, 2.24) is 10.2 Å². The first-order valence-electron chi connectivity index (χ1n) is 6.78. The molecule has 90 valence electrons. The van der Waals surface area contributed by atoms with Crippen LogP contribution in [0.5, 0.6) is 0 Å². The van der Waals surface area contributed by atoms with Crippen LogP contribution in [0.2, 0.25) is 0 Å². The van der Waals surface area contributed by atoms with Crippen LogP contribution in [0.4, 0.5) is 0 Å². The van der Waals surface area contributed by atoms with Gasteiger partial charge in [-0.1, -0.05) is 13.3 Å². The zero-order valence-electron chi connectivity index (χ0n) is 10.3. The molecule has 0 radical (unpaired) electrons. The van der Waals surface area contributed by atoms with Gasteiger partial charge in [-0.05, 0) is 44.9 Å². The fourth-order valence-corrected chi connectivity index (χ4v) is 3.08. The molecule has 1 aliphatic heterocycles. The predicted molar refractivity (Wildman–Crippen MR) is 62.8 cm³/mol. The third kappa shape index (κ3) is 1.48. The maximum absolute atomic E-state index is 12.4. The fraction of sp³-hybridized carbons (Fsp3) is 0.923. The lowest BCUT2D eigenvalue weighted by atomic mass is 10.1. The molecule has 3 fully saturated rings. The van der Waals surface area contributed by atoms with Gasteiger partial charge in [0.15, 0.2) is 0 Å². The highest BCUT2D eigenvalue weighted by Crippen LogP contribution is 2.46. The number of carbonyl (C=O) groups is 1. The highest BCUT2D eigenvalue weighted by Gasteiger charge is 2.60. The van der Waals surface area contributed by atoms with E-state index in [9.17, 15) is 4.79 Å². The Labute approximate surface area is 97.6 Å². The molecule has 0 aromatic rings. The standard InChI is InChI=1S/C13H22N2O/c1-3-4-11-14-13(7-8-13)12(16)15(11)9(2)10-5-6-10/h9-11,14H,3-8H2,1-2H3. The van der Waals surface area contributed by atoms with E-state index in [2.05, 4.69) is 24.1 Å². The second-order valence-corrected chi connectivity index (χ2v) is 5.82. The van der Waals surface area contributed by atoms with Crippen LogP contribution in [0, 0.1) is 5.92 Å². The topological polar surface area (TPSA) is 32.3 Å². The third-order valence-electron chi connectivity index (χ3n) is 4.48. The second kappa shape index (κ2) is 3.46. The summed E-state index contributed by atoms with van der Waals surface area (Å²) in [5.74, 6) is 1.17. The lowest BCUT2D eigenvalue weighted by Crippen LogP contribution is -2.44. The van der Waals surface area contributed by atoms with Crippen molar-refractivity contribution in [3.63, 3.8) is 0 Å². The van der Waals surface area contributed by atoms with E-state index in [-0.39, 0.29) is 5.54 Å². The summed E-state index contributed by atoms with van der Waals surface area (Å²) in [6, 6.07) is 0.455. The molecular weight excluding hydrogens is 200 g/mol. The van der Waals surface area contributed by atoms with E-state index in [0.717, 1.165) is 31.6 Å². The summed E-state index contributed by atoms with van der Waals surface area (Å²) >= 11 is 0. The Morgan fingerprint density at radius 3 is 2.69 bits per heavy atom. The number of nitrogens with zero attached hydrogens (tertiary/aromatic N) is 1. The molecule has 1 spiro atoms. The van der Waals surface area contributed by atoms with Gasteiger partial charge in [0, 0.05) is 6.04 Å². The lowest BCUT2D eigenvalue weighted by molar-refractivity contribution is -0.133. The summed E-state index contributed by atoms with van der Waals surface area (Å²) in [7, 11) is 0. The summed E-state index contributed by atoms with van der Waals surface area (Å²) < 4.78 is 0. The third-order valence-corrected chi connectivity index (χ3v) is 4.48. The van der Waals surface area contributed by atoms with Gasteiger partial charge >= 0.3 is 0 Å². The molecule has 16 heavy (non-hydrogen) atoms. The van der Waals surface area contributed by atoms with E-state index in [4.69, 9.17) is 0 Å². The van der Waals surface area contributed by atoms with Crippen LogP contribution < -0.4 is 5.32 Å². The van der Waals surface area contributed by atoms with Gasteiger partial charge in [-0.25, -0.2) is 0 Å². The van der Waals surface area contributed by atoms with Crippen molar-refractivity contribution >= 4 is 5.91 Å². The number of carbonyl (C=O) groups excluding carboxylic acids is 1. The minimum Gasteiger partial charge on any atom is -0.323 e. The number of hydrogen-bond acceptors (Lipinski definition) is 2. The Hall–Kier alpha value is -0.570. The molecule has 3 heteroatoms. The first-order chi connectivity index (χ1) is 7.68. The smallest absolute Gasteiger partial charge is 0.244 e. The molecule has 1 N–H and O–H groups in total. The minimum atomic E-state index is -0.122. The normalized spacial score (nSPS) is 33.5. The quantitative estimate of drug-likeness (QED) is 0.787. The van der Waals surface area contributed by atoms with Gasteiger partial charge in [0.25, 0.3) is 0 Å². The first kappa shape index (κ1) is 10.6. The van der Waals surface area contributed by atoms with Crippen LogP contribution in [-0.4, -0.2) is 28.6 Å². The average Bonchev–Trinajstić information content (AvgIpc) is 3.12. The summed E-state index contributed by atoms with van der Waals surface area (Å²) in [6.45, 7) is 4.44. The molecule has 2 aliphatic carbocycles. The molecule has 2 unspecified atom stereocenters. The van der Waals surface area contributed by atoms with E-state index in [1.54, 1.807) is 0 Å². The fourth-order valence-electron chi connectivity index (χ4n) is 3.08. The van der Waals surface area contributed by atoms with Gasteiger partial charge in [-0.3, -0.25) is 10.1 Å². The summed E-state index contributed by atoms with van der Waals surface area (Å²) in [5, 5.41) is 3.58. The zero-order valence-corrected chi connectivity index (χ0v) is 10.3. The van der Waals surface area contributed by atoms with Crippen molar-refractivity contribution in [1.29, 1.82) is 0 Å². The van der Waals surface area contributed by atoms with Crippen LogP contribution in [-0.2, 0) is 4.79 Å².